The number of halogens is 1. The molecule has 1 aliphatic carbocycles. The summed E-state index contributed by atoms with van der Waals surface area (Å²) in [6.45, 7) is 1.45. The minimum atomic E-state index is -0.544. The predicted molar refractivity (Wildman–Crippen MR) is 86.6 cm³/mol. The Hall–Kier alpha value is -2.02. The number of amides is 3. The molecule has 1 saturated heterocycles. The van der Waals surface area contributed by atoms with Gasteiger partial charge in [0.1, 0.15) is 5.15 Å². The van der Waals surface area contributed by atoms with Crippen LogP contribution in [0, 0.1) is 11.8 Å². The molecule has 1 unspecified atom stereocenters. The molecular weight excluding hydrogens is 318 g/mol. The Balaban J connectivity index is 1.52. The quantitative estimate of drug-likeness (QED) is 0.678. The molecule has 2 heterocycles. The highest BCUT2D eigenvalue weighted by molar-refractivity contribution is 6.29. The SMILES string of the molecule is O=C(N=CC1CCCN(C(=O)C2CC2)C1)Nc1nccc(Cl)n1. The zero-order chi connectivity index (χ0) is 16.2. The monoisotopic (exact) mass is 335 g/mol. The molecule has 0 bridgehead atoms. The minimum Gasteiger partial charge on any atom is -0.342 e. The second-order valence-corrected chi connectivity index (χ2v) is 6.26. The van der Waals surface area contributed by atoms with Gasteiger partial charge in [0, 0.05) is 37.3 Å². The van der Waals surface area contributed by atoms with Crippen LogP contribution in [0.2, 0.25) is 5.15 Å². The van der Waals surface area contributed by atoms with Crippen LogP contribution in [0.1, 0.15) is 25.7 Å². The summed E-state index contributed by atoms with van der Waals surface area (Å²) in [5.41, 5.74) is 0. The Morgan fingerprint density at radius 2 is 2.22 bits per heavy atom. The molecule has 7 nitrogen and oxygen atoms in total. The number of hydrogen-bond donors (Lipinski definition) is 1. The Bertz CT molecular complexity index is 632. The molecule has 2 aliphatic rings. The standard InChI is InChI=1S/C15H18ClN5O2/c16-12-5-6-17-14(19-12)20-15(23)18-8-10-2-1-7-21(9-10)13(22)11-3-4-11/h5-6,8,10-11H,1-4,7,9H2,(H,17,19,20,23). The van der Waals surface area contributed by atoms with E-state index >= 15 is 0 Å². The van der Waals surface area contributed by atoms with Crippen molar-refractivity contribution in [2.45, 2.75) is 25.7 Å². The van der Waals surface area contributed by atoms with Crippen LogP contribution >= 0.6 is 11.6 Å². The largest absolute Gasteiger partial charge is 0.347 e. The molecule has 1 aromatic rings. The van der Waals surface area contributed by atoms with Gasteiger partial charge in [-0.1, -0.05) is 11.6 Å². The molecule has 23 heavy (non-hydrogen) atoms. The number of nitrogens with one attached hydrogen (secondary N) is 1. The molecule has 3 rings (SSSR count). The molecule has 1 N–H and O–H groups in total. The van der Waals surface area contributed by atoms with Gasteiger partial charge in [-0.05, 0) is 31.7 Å². The van der Waals surface area contributed by atoms with E-state index in [0.717, 1.165) is 32.2 Å². The summed E-state index contributed by atoms with van der Waals surface area (Å²) in [5.74, 6) is 0.708. The third kappa shape index (κ3) is 4.48. The number of likely N-dealkylation sites (tertiary alicyclic amines) is 1. The van der Waals surface area contributed by atoms with Gasteiger partial charge < -0.3 is 4.90 Å². The van der Waals surface area contributed by atoms with Gasteiger partial charge in [-0.2, -0.15) is 0 Å². The molecular formula is C15H18ClN5O2. The van der Waals surface area contributed by atoms with Gasteiger partial charge in [0.25, 0.3) is 0 Å². The Morgan fingerprint density at radius 1 is 1.39 bits per heavy atom. The first-order chi connectivity index (χ1) is 11.1. The maximum absolute atomic E-state index is 12.1. The van der Waals surface area contributed by atoms with Gasteiger partial charge in [-0.3, -0.25) is 10.1 Å². The second-order valence-electron chi connectivity index (χ2n) is 5.87. The number of nitrogens with zero attached hydrogens (tertiary/aromatic N) is 4. The molecule has 0 radical (unpaired) electrons. The maximum atomic E-state index is 12.1. The number of hydrogen-bond acceptors (Lipinski definition) is 4. The number of carbonyl (C=O) groups is 2. The molecule has 1 saturated carbocycles. The highest BCUT2D eigenvalue weighted by atomic mass is 35.5. The molecule has 3 amide bonds. The Labute approximate surface area is 139 Å². The van der Waals surface area contributed by atoms with Gasteiger partial charge in [0.15, 0.2) is 0 Å². The van der Waals surface area contributed by atoms with Crippen LogP contribution in [0.25, 0.3) is 0 Å². The molecule has 8 heteroatoms. The third-order valence-corrected chi connectivity index (χ3v) is 4.15. The zero-order valence-electron chi connectivity index (χ0n) is 12.6. The van der Waals surface area contributed by atoms with E-state index in [-0.39, 0.29) is 28.8 Å². The number of anilines is 1. The van der Waals surface area contributed by atoms with E-state index in [1.165, 1.54) is 12.3 Å². The van der Waals surface area contributed by atoms with Crippen molar-refractivity contribution in [2.24, 2.45) is 16.8 Å². The Kier molecular flexibility index (Phi) is 4.85. The molecule has 2 fully saturated rings. The topological polar surface area (TPSA) is 87.5 Å². The fraction of sp³-hybridized carbons (Fsp3) is 0.533. The van der Waals surface area contributed by atoms with Crippen molar-refractivity contribution in [3.8, 4) is 0 Å². The summed E-state index contributed by atoms with van der Waals surface area (Å²) in [4.78, 5) is 37.4. The van der Waals surface area contributed by atoms with E-state index in [0.29, 0.717) is 6.54 Å². The smallest absolute Gasteiger partial charge is 0.342 e. The van der Waals surface area contributed by atoms with Crippen LogP contribution in [0.15, 0.2) is 17.3 Å². The lowest BCUT2D eigenvalue weighted by Crippen LogP contribution is -2.41. The first-order valence-electron chi connectivity index (χ1n) is 7.74. The molecule has 1 aromatic heterocycles. The first-order valence-corrected chi connectivity index (χ1v) is 8.12. The van der Waals surface area contributed by atoms with E-state index in [2.05, 4.69) is 20.3 Å². The molecule has 122 valence electrons. The van der Waals surface area contributed by atoms with Crippen LogP contribution in [-0.2, 0) is 4.79 Å². The number of aliphatic imine (C=N–C) groups is 1. The fourth-order valence-electron chi connectivity index (χ4n) is 2.62. The average Bonchev–Trinajstić information content (AvgIpc) is 3.37. The number of urea groups is 1. The zero-order valence-corrected chi connectivity index (χ0v) is 13.4. The minimum absolute atomic E-state index is 0.109. The van der Waals surface area contributed by atoms with Crippen molar-refractivity contribution in [1.82, 2.24) is 14.9 Å². The van der Waals surface area contributed by atoms with Crippen molar-refractivity contribution in [2.75, 3.05) is 18.4 Å². The molecule has 0 aromatic carbocycles. The van der Waals surface area contributed by atoms with Crippen molar-refractivity contribution < 1.29 is 9.59 Å². The lowest BCUT2D eigenvalue weighted by atomic mass is 9.99. The molecule has 1 aliphatic heterocycles. The predicted octanol–water partition coefficient (Wildman–Crippen LogP) is 2.38. The van der Waals surface area contributed by atoms with E-state index < -0.39 is 6.03 Å². The second kappa shape index (κ2) is 7.04. The van der Waals surface area contributed by atoms with Gasteiger partial charge in [0.05, 0.1) is 0 Å². The summed E-state index contributed by atoms with van der Waals surface area (Å²) < 4.78 is 0. The lowest BCUT2D eigenvalue weighted by Gasteiger charge is -2.31. The van der Waals surface area contributed by atoms with Crippen molar-refractivity contribution in [1.29, 1.82) is 0 Å². The average molecular weight is 336 g/mol. The summed E-state index contributed by atoms with van der Waals surface area (Å²) in [6.07, 6.45) is 6.96. The highest BCUT2D eigenvalue weighted by Gasteiger charge is 2.35. The van der Waals surface area contributed by atoms with Crippen molar-refractivity contribution in [3.05, 3.63) is 17.4 Å². The van der Waals surface area contributed by atoms with Crippen LogP contribution < -0.4 is 5.32 Å². The third-order valence-electron chi connectivity index (χ3n) is 3.94. The molecule has 1 atom stereocenters. The number of aromatic nitrogens is 2. The van der Waals surface area contributed by atoms with E-state index in [1.807, 2.05) is 4.90 Å². The van der Waals surface area contributed by atoms with Crippen LogP contribution in [-0.4, -0.2) is 46.1 Å². The summed E-state index contributed by atoms with van der Waals surface area (Å²) in [7, 11) is 0. The van der Waals surface area contributed by atoms with Crippen LogP contribution in [0.3, 0.4) is 0 Å². The number of carbonyl (C=O) groups excluding carboxylic acids is 2. The van der Waals surface area contributed by atoms with Crippen LogP contribution in [0.5, 0.6) is 0 Å². The fourth-order valence-corrected chi connectivity index (χ4v) is 2.75. The maximum Gasteiger partial charge on any atom is 0.347 e. The van der Waals surface area contributed by atoms with Crippen molar-refractivity contribution in [3.63, 3.8) is 0 Å². The van der Waals surface area contributed by atoms with E-state index in [4.69, 9.17) is 11.6 Å². The van der Waals surface area contributed by atoms with Gasteiger partial charge in [0.2, 0.25) is 11.9 Å². The molecule has 0 spiro atoms. The lowest BCUT2D eigenvalue weighted by molar-refractivity contribution is -0.133. The van der Waals surface area contributed by atoms with Gasteiger partial charge >= 0.3 is 6.03 Å². The summed E-state index contributed by atoms with van der Waals surface area (Å²) in [6, 6.07) is 0.978. The van der Waals surface area contributed by atoms with Crippen molar-refractivity contribution >= 4 is 35.7 Å². The Morgan fingerprint density at radius 3 is 2.96 bits per heavy atom. The van der Waals surface area contributed by atoms with Crippen LogP contribution in [0.4, 0.5) is 10.7 Å². The number of rotatable bonds is 3. The number of piperidine rings is 1. The van der Waals surface area contributed by atoms with Gasteiger partial charge in [-0.15, -0.1) is 0 Å². The van der Waals surface area contributed by atoms with E-state index in [9.17, 15) is 9.59 Å². The summed E-state index contributed by atoms with van der Waals surface area (Å²) in [5, 5.41) is 2.71. The first kappa shape index (κ1) is 15.9. The summed E-state index contributed by atoms with van der Waals surface area (Å²) >= 11 is 5.73. The van der Waals surface area contributed by atoms with Gasteiger partial charge in [-0.25, -0.2) is 19.8 Å². The normalized spacial score (nSPS) is 21.4. The van der Waals surface area contributed by atoms with E-state index in [1.54, 1.807) is 6.21 Å². The highest BCUT2D eigenvalue weighted by Crippen LogP contribution is 2.32.